The Labute approximate surface area is 302 Å². The molecule has 5 aliphatic rings. The molecule has 0 radical (unpaired) electrons. The summed E-state index contributed by atoms with van der Waals surface area (Å²) >= 11 is 6.19. The molecule has 272 valence electrons. The molecule has 0 saturated heterocycles. The number of allylic oxidation sites excluding steroid dienone is 2. The molecule has 5 nitrogen and oxygen atoms in total. The average molecular weight is 694 g/mol. The summed E-state index contributed by atoms with van der Waals surface area (Å²) in [5.74, 6) is 2.09. The maximum absolute atomic E-state index is 15.0. The van der Waals surface area contributed by atoms with E-state index in [1.807, 2.05) is 45.0 Å². The van der Waals surface area contributed by atoms with Crippen LogP contribution in [-0.2, 0) is 16.1 Å². The lowest BCUT2D eigenvalue weighted by molar-refractivity contribution is -0.228. The van der Waals surface area contributed by atoms with Crippen LogP contribution in [-0.4, -0.2) is 40.1 Å². The van der Waals surface area contributed by atoms with Crippen LogP contribution in [0.15, 0.2) is 35.4 Å². The second kappa shape index (κ2) is 12.4. The number of halogens is 1. The molecule has 4 fully saturated rings. The summed E-state index contributed by atoms with van der Waals surface area (Å²) in [6, 6.07) is 7.52. The largest absolute Gasteiger partial charge is 0.444 e. The number of benzene rings is 1. The number of amides is 1. The lowest BCUT2D eigenvalue weighted by Gasteiger charge is -2.72. The Morgan fingerprint density at radius 3 is 2.20 bits per heavy atom. The molecular weight excluding hydrogens is 630 g/mol. The molecule has 5 aliphatic carbocycles. The molecule has 8 atom stereocenters. The van der Waals surface area contributed by atoms with Gasteiger partial charge in [0, 0.05) is 11.6 Å². The van der Waals surface area contributed by atoms with Gasteiger partial charge in [-0.2, -0.15) is 0 Å². The Morgan fingerprint density at radius 2 is 1.57 bits per heavy atom. The van der Waals surface area contributed by atoms with Gasteiger partial charge in [0.1, 0.15) is 5.60 Å². The summed E-state index contributed by atoms with van der Waals surface area (Å²) in [6.45, 7) is 23.1. The van der Waals surface area contributed by atoms with Crippen LogP contribution >= 0.6 is 11.6 Å². The van der Waals surface area contributed by atoms with Crippen LogP contribution in [0.4, 0.5) is 4.79 Å². The van der Waals surface area contributed by atoms with Crippen molar-refractivity contribution >= 4 is 23.5 Å². The number of nitrogens with zero attached hydrogens (tertiary/aromatic N) is 1. The van der Waals surface area contributed by atoms with Crippen LogP contribution in [0.5, 0.6) is 0 Å². The second-order valence-corrected chi connectivity index (χ2v) is 20.0. The van der Waals surface area contributed by atoms with Crippen molar-refractivity contribution in [2.75, 3.05) is 6.54 Å². The van der Waals surface area contributed by atoms with Crippen molar-refractivity contribution in [3.8, 4) is 0 Å². The highest BCUT2D eigenvalue weighted by atomic mass is 35.5. The fourth-order valence-corrected chi connectivity index (χ4v) is 12.9. The minimum Gasteiger partial charge on any atom is -0.444 e. The van der Waals surface area contributed by atoms with Crippen molar-refractivity contribution in [2.45, 2.75) is 152 Å². The monoisotopic (exact) mass is 693 g/mol. The van der Waals surface area contributed by atoms with Gasteiger partial charge >= 0.3 is 6.09 Å². The third kappa shape index (κ3) is 5.84. The number of rotatable bonds is 6. The molecular formula is C43H64ClNO4. The molecule has 6 rings (SSSR count). The van der Waals surface area contributed by atoms with Crippen LogP contribution in [0.25, 0.3) is 0 Å². The van der Waals surface area contributed by atoms with Crippen LogP contribution in [0, 0.1) is 50.7 Å². The van der Waals surface area contributed by atoms with Gasteiger partial charge in [0.25, 0.3) is 0 Å². The molecule has 49 heavy (non-hydrogen) atoms. The highest BCUT2D eigenvalue weighted by molar-refractivity contribution is 6.30. The molecule has 1 unspecified atom stereocenters. The van der Waals surface area contributed by atoms with Crippen LogP contribution in [0.1, 0.15) is 139 Å². The number of fused-ring (bicyclic) bond motifs is 7. The molecule has 1 aromatic carbocycles. The Kier molecular flexibility index (Phi) is 9.33. The molecule has 1 N–H and O–H groups in total. The predicted octanol–water partition coefficient (Wildman–Crippen LogP) is 10.8. The number of carbonyl (C=O) groups excluding carboxylic acids is 2. The molecule has 6 heteroatoms. The molecule has 1 amide bonds. The van der Waals surface area contributed by atoms with E-state index in [1.54, 1.807) is 4.90 Å². The smallest absolute Gasteiger partial charge is 0.410 e. The van der Waals surface area contributed by atoms with Gasteiger partial charge < -0.3 is 9.84 Å². The number of Topliss-reactive ketones (excluding diaryl/α,β-unsaturated/α-hetero) is 1. The fraction of sp³-hybridized carbons (Fsp3) is 0.767. The number of carbonyl (C=O) groups is 2. The predicted molar refractivity (Wildman–Crippen MR) is 198 cm³/mol. The third-order valence-corrected chi connectivity index (χ3v) is 15.7. The van der Waals surface area contributed by atoms with E-state index in [-0.39, 0.29) is 40.1 Å². The van der Waals surface area contributed by atoms with Crippen molar-refractivity contribution in [1.82, 2.24) is 4.90 Å². The van der Waals surface area contributed by atoms with Crippen LogP contribution < -0.4 is 0 Å². The topological polar surface area (TPSA) is 66.8 Å². The molecule has 1 aromatic rings. The Morgan fingerprint density at radius 1 is 0.898 bits per heavy atom. The van der Waals surface area contributed by atoms with Crippen molar-refractivity contribution < 1.29 is 19.4 Å². The van der Waals surface area contributed by atoms with Crippen molar-refractivity contribution in [3.63, 3.8) is 0 Å². The first-order valence-corrected chi connectivity index (χ1v) is 19.7. The molecule has 0 bridgehead atoms. The molecule has 0 spiro atoms. The number of aliphatic hydroxyl groups excluding tert-OH is 1. The van der Waals surface area contributed by atoms with Gasteiger partial charge in [0.05, 0.1) is 18.1 Å². The second-order valence-electron chi connectivity index (χ2n) is 19.6. The number of hydrogen-bond donors (Lipinski definition) is 1. The van der Waals surface area contributed by atoms with Gasteiger partial charge in [-0.05, 0) is 148 Å². The van der Waals surface area contributed by atoms with E-state index >= 15 is 4.79 Å². The van der Waals surface area contributed by atoms with Crippen LogP contribution in [0.3, 0.4) is 0 Å². The minimum atomic E-state index is -0.665. The van der Waals surface area contributed by atoms with Gasteiger partial charge in [-0.3, -0.25) is 9.69 Å². The summed E-state index contributed by atoms with van der Waals surface area (Å²) in [4.78, 5) is 30.4. The molecule has 0 aliphatic heterocycles. The van der Waals surface area contributed by atoms with Crippen molar-refractivity contribution in [1.29, 1.82) is 0 Å². The summed E-state index contributed by atoms with van der Waals surface area (Å²) in [7, 11) is 0. The van der Waals surface area contributed by atoms with E-state index in [0.29, 0.717) is 35.2 Å². The van der Waals surface area contributed by atoms with E-state index in [9.17, 15) is 9.90 Å². The minimum absolute atomic E-state index is 0.0485. The van der Waals surface area contributed by atoms with E-state index < -0.39 is 17.1 Å². The first-order chi connectivity index (χ1) is 22.7. The normalized spacial score (nSPS) is 38.3. The van der Waals surface area contributed by atoms with E-state index in [0.717, 1.165) is 50.5 Å². The maximum atomic E-state index is 15.0. The van der Waals surface area contributed by atoms with Gasteiger partial charge in [0.2, 0.25) is 0 Å². The first kappa shape index (κ1) is 36.9. The van der Waals surface area contributed by atoms with Gasteiger partial charge in [-0.25, -0.2) is 4.79 Å². The van der Waals surface area contributed by atoms with Gasteiger partial charge in [-0.1, -0.05) is 83.3 Å². The number of aliphatic hydroxyl groups is 1. The Bertz CT molecular complexity index is 1490. The third-order valence-electron chi connectivity index (χ3n) is 15.5. The lowest BCUT2D eigenvalue weighted by Crippen LogP contribution is -2.66. The average Bonchev–Trinajstić information content (AvgIpc) is 3.41. The Hall–Kier alpha value is -1.85. The molecule has 4 saturated carbocycles. The highest BCUT2D eigenvalue weighted by Gasteiger charge is 2.70. The summed E-state index contributed by atoms with van der Waals surface area (Å²) in [6.07, 6.45) is 9.76. The summed E-state index contributed by atoms with van der Waals surface area (Å²) < 4.78 is 5.88. The van der Waals surface area contributed by atoms with E-state index in [4.69, 9.17) is 16.3 Å². The number of hydrogen-bond acceptors (Lipinski definition) is 4. The van der Waals surface area contributed by atoms with E-state index in [1.165, 1.54) is 30.4 Å². The van der Waals surface area contributed by atoms with Crippen LogP contribution in [0.2, 0.25) is 5.02 Å². The van der Waals surface area contributed by atoms with Gasteiger partial charge in [0.15, 0.2) is 5.78 Å². The van der Waals surface area contributed by atoms with E-state index in [2.05, 4.69) is 48.5 Å². The zero-order chi connectivity index (χ0) is 35.9. The standard InChI is InChI=1S/C43H64ClNO4/c1-27(2)30-17-22-43(35(47)26-45(37(48)49-38(3,4)5)25-28-11-13-29(44)14-12-28)24-23-41(9)31(36(30)43)15-16-33-40(8)20-19-34(46)39(6,7)32(40)18-21-42(33,41)10/h11-14,27,31-34,46H,15-26H2,1-10H3/t31-,32?,33-,34+,40+,41-,42-,43-/m1/s1. The van der Waals surface area contributed by atoms with Gasteiger partial charge in [-0.15, -0.1) is 0 Å². The zero-order valence-corrected chi connectivity index (χ0v) is 32.9. The first-order valence-electron chi connectivity index (χ1n) is 19.4. The summed E-state index contributed by atoms with van der Waals surface area (Å²) in [5.41, 5.74) is 3.13. The number of ketones is 1. The van der Waals surface area contributed by atoms with Crippen molar-refractivity contribution in [3.05, 3.63) is 46.0 Å². The maximum Gasteiger partial charge on any atom is 0.410 e. The molecule has 0 aromatic heterocycles. The summed E-state index contributed by atoms with van der Waals surface area (Å²) in [5, 5.41) is 11.8. The lowest BCUT2D eigenvalue weighted by atomic mass is 9.33. The molecule has 0 heterocycles. The quantitative estimate of drug-likeness (QED) is 0.301. The highest BCUT2D eigenvalue weighted by Crippen LogP contribution is 2.77. The van der Waals surface area contributed by atoms with Crippen molar-refractivity contribution in [2.24, 2.45) is 50.7 Å². The fourth-order valence-electron chi connectivity index (χ4n) is 12.7. The Balaban J connectivity index is 1.34. The SMILES string of the molecule is CC(C)C1=C2[C@H]3CC[C@@H]4[C@@]5(C)CC[C@H](O)C(C)(C)C5CC[C@@]4(C)[C@]3(C)CC[C@@]2(C(=O)CN(Cc2ccc(Cl)cc2)C(=O)OC(C)(C)C)CC1. The number of ether oxygens (including phenoxy) is 1. The zero-order valence-electron chi connectivity index (χ0n) is 32.2.